The number of carbonyl (C=O) groups is 1. The number of ether oxygens (including phenoxy) is 3. The third-order valence-corrected chi connectivity index (χ3v) is 2.10. The van der Waals surface area contributed by atoms with Crippen LogP contribution in [0.4, 0.5) is 0 Å². The fraction of sp³-hybridized carbons (Fsp3) is 0.700. The molecule has 5 nitrogen and oxygen atoms in total. The first-order valence-corrected chi connectivity index (χ1v) is 5.04. The smallest absolute Gasteiger partial charge is 0.330 e. The van der Waals surface area contributed by atoms with Crippen molar-refractivity contribution in [2.45, 2.75) is 13.3 Å². The third-order valence-electron chi connectivity index (χ3n) is 2.10. The molecule has 1 fully saturated rings. The van der Waals surface area contributed by atoms with E-state index in [1.807, 2.05) is 6.92 Å². The molecule has 15 heavy (non-hydrogen) atoms. The van der Waals surface area contributed by atoms with Gasteiger partial charge in [-0.15, -0.1) is 0 Å². The Bertz CT molecular complexity index is 219. The summed E-state index contributed by atoms with van der Waals surface area (Å²) in [6, 6.07) is 0. The van der Waals surface area contributed by atoms with E-state index in [1.165, 1.54) is 0 Å². The molecule has 0 aromatic rings. The van der Waals surface area contributed by atoms with Gasteiger partial charge in [-0.3, -0.25) is 4.90 Å². The van der Waals surface area contributed by atoms with Crippen molar-refractivity contribution in [2.24, 2.45) is 0 Å². The lowest BCUT2D eigenvalue weighted by Crippen LogP contribution is -2.33. The van der Waals surface area contributed by atoms with Crippen LogP contribution in [0.2, 0.25) is 0 Å². The van der Waals surface area contributed by atoms with Crippen LogP contribution in [0.5, 0.6) is 0 Å². The lowest BCUT2D eigenvalue weighted by molar-refractivity contribution is -0.182. The Morgan fingerprint density at radius 3 is 3.13 bits per heavy atom. The largest absolute Gasteiger partial charge is 0.460 e. The zero-order valence-corrected chi connectivity index (χ0v) is 8.98. The molecule has 0 bridgehead atoms. The Morgan fingerprint density at radius 1 is 1.67 bits per heavy atom. The SMILES string of the molecule is C=CC(=O)OCCOC1OCCN1CC. The van der Waals surface area contributed by atoms with Gasteiger partial charge >= 0.3 is 5.97 Å². The number of nitrogens with zero attached hydrogens (tertiary/aromatic N) is 1. The Hall–Kier alpha value is -0.910. The van der Waals surface area contributed by atoms with Crippen LogP contribution in [0, 0.1) is 0 Å². The van der Waals surface area contributed by atoms with E-state index in [0.717, 1.165) is 19.2 Å². The predicted molar refractivity (Wildman–Crippen MR) is 54.1 cm³/mol. The summed E-state index contributed by atoms with van der Waals surface area (Å²) in [5, 5.41) is 0. The number of carbonyl (C=O) groups excluding carboxylic acids is 1. The molecular formula is C10H17NO4. The van der Waals surface area contributed by atoms with Crippen molar-refractivity contribution in [3.05, 3.63) is 12.7 Å². The van der Waals surface area contributed by atoms with Crippen LogP contribution in [0.15, 0.2) is 12.7 Å². The van der Waals surface area contributed by atoms with Gasteiger partial charge in [-0.2, -0.15) is 0 Å². The predicted octanol–water partition coefficient (Wildman–Crippen LogP) is 0.368. The van der Waals surface area contributed by atoms with Gasteiger partial charge in [0.2, 0.25) is 6.41 Å². The van der Waals surface area contributed by atoms with E-state index in [1.54, 1.807) is 0 Å². The summed E-state index contributed by atoms with van der Waals surface area (Å²) in [5.41, 5.74) is 0. The molecule has 0 aromatic heterocycles. The standard InChI is InChI=1S/C10H17NO4/c1-3-9(12)13-7-8-15-10-11(4-2)5-6-14-10/h3,10H,1,4-8H2,2H3. The maximum Gasteiger partial charge on any atom is 0.330 e. The number of likely N-dealkylation sites (N-methyl/N-ethyl adjacent to an activating group) is 1. The Kier molecular flexibility index (Phi) is 5.31. The van der Waals surface area contributed by atoms with Gasteiger partial charge in [0.1, 0.15) is 6.61 Å². The number of hydrogen-bond donors (Lipinski definition) is 0. The van der Waals surface area contributed by atoms with E-state index < -0.39 is 5.97 Å². The summed E-state index contributed by atoms with van der Waals surface area (Å²) >= 11 is 0. The van der Waals surface area contributed by atoms with Crippen LogP contribution in [-0.4, -0.2) is 50.2 Å². The van der Waals surface area contributed by atoms with Gasteiger partial charge in [-0.05, 0) is 0 Å². The van der Waals surface area contributed by atoms with Gasteiger partial charge in [-0.25, -0.2) is 4.79 Å². The van der Waals surface area contributed by atoms with Gasteiger partial charge in [0.25, 0.3) is 0 Å². The first kappa shape index (κ1) is 12.2. The van der Waals surface area contributed by atoms with Crippen molar-refractivity contribution < 1.29 is 19.0 Å². The minimum Gasteiger partial charge on any atom is -0.460 e. The Labute approximate surface area is 89.6 Å². The second kappa shape index (κ2) is 6.55. The van der Waals surface area contributed by atoms with E-state index in [-0.39, 0.29) is 13.0 Å². The van der Waals surface area contributed by atoms with Crippen molar-refractivity contribution in [3.63, 3.8) is 0 Å². The second-order valence-electron chi connectivity index (χ2n) is 3.05. The molecule has 0 N–H and O–H groups in total. The quantitative estimate of drug-likeness (QED) is 0.364. The highest BCUT2D eigenvalue weighted by atomic mass is 16.7. The molecule has 0 spiro atoms. The Balaban J connectivity index is 2.09. The summed E-state index contributed by atoms with van der Waals surface area (Å²) in [6.45, 7) is 8.35. The maximum atomic E-state index is 10.7. The molecule has 86 valence electrons. The molecule has 1 aliphatic rings. The molecule has 5 heteroatoms. The fourth-order valence-corrected chi connectivity index (χ4v) is 1.29. The third kappa shape index (κ3) is 3.99. The summed E-state index contributed by atoms with van der Waals surface area (Å²) in [5.74, 6) is -0.432. The molecule has 1 saturated heterocycles. The van der Waals surface area contributed by atoms with Crippen LogP contribution in [-0.2, 0) is 19.0 Å². The number of hydrogen-bond acceptors (Lipinski definition) is 5. The molecule has 0 aliphatic carbocycles. The van der Waals surface area contributed by atoms with Crippen molar-refractivity contribution >= 4 is 5.97 Å². The highest BCUT2D eigenvalue weighted by molar-refractivity contribution is 5.81. The zero-order chi connectivity index (χ0) is 11.1. The highest BCUT2D eigenvalue weighted by Crippen LogP contribution is 2.09. The Morgan fingerprint density at radius 2 is 2.47 bits per heavy atom. The normalized spacial score (nSPS) is 21.5. The van der Waals surface area contributed by atoms with Gasteiger partial charge < -0.3 is 14.2 Å². The van der Waals surface area contributed by atoms with E-state index >= 15 is 0 Å². The van der Waals surface area contributed by atoms with Crippen LogP contribution in [0.25, 0.3) is 0 Å². The lowest BCUT2D eigenvalue weighted by Gasteiger charge is -2.20. The van der Waals surface area contributed by atoms with Gasteiger partial charge in [0.15, 0.2) is 0 Å². The number of esters is 1. The molecule has 1 unspecified atom stereocenters. The summed E-state index contributed by atoms with van der Waals surface area (Å²) in [7, 11) is 0. The van der Waals surface area contributed by atoms with E-state index in [4.69, 9.17) is 14.2 Å². The highest BCUT2D eigenvalue weighted by Gasteiger charge is 2.23. The van der Waals surface area contributed by atoms with E-state index in [2.05, 4.69) is 11.5 Å². The second-order valence-corrected chi connectivity index (χ2v) is 3.05. The van der Waals surface area contributed by atoms with Crippen LogP contribution >= 0.6 is 0 Å². The average Bonchev–Trinajstić information content (AvgIpc) is 2.71. The maximum absolute atomic E-state index is 10.7. The molecule has 1 atom stereocenters. The summed E-state index contributed by atoms with van der Waals surface area (Å²) in [6.07, 6.45) is 0.835. The van der Waals surface area contributed by atoms with Crippen molar-refractivity contribution in [2.75, 3.05) is 32.9 Å². The van der Waals surface area contributed by atoms with Gasteiger partial charge in [-0.1, -0.05) is 13.5 Å². The van der Waals surface area contributed by atoms with Gasteiger partial charge in [0.05, 0.1) is 13.2 Å². The molecule has 1 rings (SSSR count). The lowest BCUT2D eigenvalue weighted by atomic mass is 10.6. The molecule has 1 aliphatic heterocycles. The van der Waals surface area contributed by atoms with Crippen molar-refractivity contribution in [1.29, 1.82) is 0 Å². The molecule has 0 saturated carbocycles. The van der Waals surface area contributed by atoms with Crippen LogP contribution < -0.4 is 0 Å². The van der Waals surface area contributed by atoms with Crippen molar-refractivity contribution in [1.82, 2.24) is 4.90 Å². The topological polar surface area (TPSA) is 48.0 Å². The van der Waals surface area contributed by atoms with Gasteiger partial charge in [0, 0.05) is 19.2 Å². The monoisotopic (exact) mass is 215 g/mol. The van der Waals surface area contributed by atoms with Crippen molar-refractivity contribution in [3.8, 4) is 0 Å². The summed E-state index contributed by atoms with van der Waals surface area (Å²) in [4.78, 5) is 12.8. The van der Waals surface area contributed by atoms with E-state index in [0.29, 0.717) is 13.2 Å². The molecule has 0 radical (unpaired) electrons. The fourth-order valence-electron chi connectivity index (χ4n) is 1.29. The van der Waals surface area contributed by atoms with E-state index in [9.17, 15) is 4.79 Å². The molecule has 0 amide bonds. The van der Waals surface area contributed by atoms with Crippen LogP contribution in [0.1, 0.15) is 6.92 Å². The average molecular weight is 215 g/mol. The zero-order valence-electron chi connectivity index (χ0n) is 8.98. The summed E-state index contributed by atoms with van der Waals surface area (Å²) < 4.78 is 15.5. The molecule has 0 aromatic carbocycles. The first-order valence-electron chi connectivity index (χ1n) is 5.04. The molecular weight excluding hydrogens is 198 g/mol. The van der Waals surface area contributed by atoms with Crippen LogP contribution in [0.3, 0.4) is 0 Å². The minimum absolute atomic E-state index is 0.224. The first-order chi connectivity index (χ1) is 7.27. The number of rotatable bonds is 6. The minimum atomic E-state index is -0.432. The molecule has 1 heterocycles.